The summed E-state index contributed by atoms with van der Waals surface area (Å²) < 4.78 is 47.0. The summed E-state index contributed by atoms with van der Waals surface area (Å²) in [7, 11) is 2.05. The highest BCUT2D eigenvalue weighted by Gasteiger charge is 2.38. The van der Waals surface area contributed by atoms with Crippen molar-refractivity contribution in [3.63, 3.8) is 0 Å². The Balaban J connectivity index is 0.000000298. The maximum Gasteiger partial charge on any atom is 0.490 e. The lowest BCUT2D eigenvalue weighted by Crippen LogP contribution is -2.21. The number of halogens is 4. The van der Waals surface area contributed by atoms with Crippen molar-refractivity contribution < 1.29 is 32.3 Å². The van der Waals surface area contributed by atoms with E-state index < -0.39 is 23.9 Å². The van der Waals surface area contributed by atoms with Crippen LogP contribution in [0.1, 0.15) is 22.8 Å². The Morgan fingerprint density at radius 2 is 1.96 bits per heavy atom. The number of hydrogen-bond acceptors (Lipinski definition) is 4. The van der Waals surface area contributed by atoms with Crippen molar-refractivity contribution in [2.45, 2.75) is 18.6 Å². The number of carboxylic acid groups (broad SMARTS) is 1. The maximum atomic E-state index is 13.5. The quantitative estimate of drug-likeness (QED) is 0.778. The molecule has 1 unspecified atom stereocenters. The average molecular weight is 376 g/mol. The predicted octanol–water partition coefficient (Wildman–Crippen LogP) is 1.78. The third kappa shape index (κ3) is 4.48. The standard InChI is InChI=1S/C13H15FN4O.C2HF3O2/c1-17-3-2-10(7-17)18-6-8-4-9(14)5-11(13(15)19)12(8)16-18;3-2(4,5)1(6)7/h4-6,10H,2-3,7H2,1H3,(H2,15,19);(H,6,7). The second kappa shape index (κ2) is 7.28. The minimum absolute atomic E-state index is 0.139. The minimum Gasteiger partial charge on any atom is -0.475 e. The van der Waals surface area contributed by atoms with Crippen LogP contribution in [0.25, 0.3) is 10.9 Å². The van der Waals surface area contributed by atoms with E-state index >= 15 is 0 Å². The molecule has 1 fully saturated rings. The topological polar surface area (TPSA) is 101 Å². The van der Waals surface area contributed by atoms with Crippen LogP contribution in [0.15, 0.2) is 18.3 Å². The molecule has 3 N–H and O–H groups in total. The predicted molar refractivity (Wildman–Crippen MR) is 83.1 cm³/mol. The first kappa shape index (κ1) is 19.6. The number of carboxylic acids is 1. The van der Waals surface area contributed by atoms with Crippen molar-refractivity contribution in [2.75, 3.05) is 20.1 Å². The fourth-order valence-corrected chi connectivity index (χ4v) is 2.62. The Hall–Kier alpha value is -2.69. The van der Waals surface area contributed by atoms with Crippen molar-refractivity contribution in [3.05, 3.63) is 29.7 Å². The fourth-order valence-electron chi connectivity index (χ4n) is 2.62. The summed E-state index contributed by atoms with van der Waals surface area (Å²) in [5.74, 6) is -3.88. The van der Waals surface area contributed by atoms with Crippen LogP contribution in [-0.4, -0.2) is 58.0 Å². The smallest absolute Gasteiger partial charge is 0.475 e. The SMILES string of the molecule is CN1CCC(n2cc3cc(F)cc(C(N)=O)c3n2)C1.O=C(O)C(F)(F)F. The van der Waals surface area contributed by atoms with Crippen molar-refractivity contribution in [3.8, 4) is 0 Å². The zero-order valence-corrected chi connectivity index (χ0v) is 13.6. The van der Waals surface area contributed by atoms with Crippen molar-refractivity contribution in [2.24, 2.45) is 5.73 Å². The lowest BCUT2D eigenvalue weighted by Gasteiger charge is -2.10. The number of likely N-dealkylation sites (tertiary alicyclic amines) is 1. The van der Waals surface area contributed by atoms with Gasteiger partial charge in [0.2, 0.25) is 0 Å². The van der Waals surface area contributed by atoms with E-state index in [0.717, 1.165) is 25.6 Å². The van der Waals surface area contributed by atoms with Gasteiger partial charge in [-0.1, -0.05) is 0 Å². The first-order chi connectivity index (χ1) is 12.0. The molecule has 0 spiro atoms. The highest BCUT2D eigenvalue weighted by molar-refractivity contribution is 6.04. The van der Waals surface area contributed by atoms with E-state index in [-0.39, 0.29) is 11.6 Å². The average Bonchev–Trinajstić information content (AvgIpc) is 3.11. The molecule has 1 amide bonds. The van der Waals surface area contributed by atoms with Crippen LogP contribution in [0.2, 0.25) is 0 Å². The van der Waals surface area contributed by atoms with Crippen molar-refractivity contribution >= 4 is 22.8 Å². The number of primary amides is 1. The monoisotopic (exact) mass is 376 g/mol. The number of aliphatic carboxylic acids is 1. The number of nitrogens with two attached hydrogens (primary N) is 1. The summed E-state index contributed by atoms with van der Waals surface area (Å²) in [5.41, 5.74) is 5.88. The van der Waals surface area contributed by atoms with Crippen molar-refractivity contribution in [1.29, 1.82) is 0 Å². The van der Waals surface area contributed by atoms with Crippen LogP contribution in [0.5, 0.6) is 0 Å². The summed E-state index contributed by atoms with van der Waals surface area (Å²) in [6.45, 7) is 1.92. The molecular formula is C15H16F4N4O3. The third-order valence-electron chi connectivity index (χ3n) is 3.84. The van der Waals surface area contributed by atoms with Crippen LogP contribution in [0.3, 0.4) is 0 Å². The number of fused-ring (bicyclic) bond motifs is 1. The number of alkyl halides is 3. The Morgan fingerprint density at radius 1 is 1.35 bits per heavy atom. The summed E-state index contributed by atoms with van der Waals surface area (Å²) in [4.78, 5) is 22.5. The van der Waals surface area contributed by atoms with Gasteiger partial charge < -0.3 is 15.7 Å². The lowest BCUT2D eigenvalue weighted by atomic mass is 10.1. The number of amides is 1. The van der Waals surface area contributed by atoms with Gasteiger partial charge in [0.25, 0.3) is 5.91 Å². The zero-order chi connectivity index (χ0) is 19.6. The first-order valence-electron chi connectivity index (χ1n) is 7.46. The molecule has 26 heavy (non-hydrogen) atoms. The number of carbonyl (C=O) groups is 2. The lowest BCUT2D eigenvalue weighted by molar-refractivity contribution is -0.192. The van der Waals surface area contributed by atoms with Gasteiger partial charge in [-0.25, -0.2) is 9.18 Å². The van der Waals surface area contributed by atoms with Gasteiger partial charge in [0, 0.05) is 18.1 Å². The van der Waals surface area contributed by atoms with E-state index in [9.17, 15) is 22.4 Å². The van der Waals surface area contributed by atoms with E-state index in [0.29, 0.717) is 10.9 Å². The highest BCUT2D eigenvalue weighted by Crippen LogP contribution is 2.25. The summed E-state index contributed by atoms with van der Waals surface area (Å²) >= 11 is 0. The normalized spacial score (nSPS) is 17.8. The van der Waals surface area contributed by atoms with Gasteiger partial charge in [0.1, 0.15) is 11.3 Å². The molecule has 0 bridgehead atoms. The Bertz CT molecular complexity index is 834. The Kier molecular flexibility index (Phi) is 5.50. The van der Waals surface area contributed by atoms with Gasteiger partial charge in [0.15, 0.2) is 0 Å². The molecule has 2 aromatic rings. The molecule has 1 aliphatic rings. The maximum absolute atomic E-state index is 13.5. The molecule has 7 nitrogen and oxygen atoms in total. The first-order valence-corrected chi connectivity index (χ1v) is 7.46. The molecule has 2 heterocycles. The van der Waals surface area contributed by atoms with Crippen LogP contribution in [0.4, 0.5) is 17.6 Å². The van der Waals surface area contributed by atoms with Crippen LogP contribution in [0, 0.1) is 5.82 Å². The van der Waals surface area contributed by atoms with Gasteiger partial charge in [-0.2, -0.15) is 18.3 Å². The molecule has 1 aromatic heterocycles. The van der Waals surface area contributed by atoms with Crippen LogP contribution < -0.4 is 5.73 Å². The number of nitrogens with zero attached hydrogens (tertiary/aromatic N) is 3. The molecule has 1 aromatic carbocycles. The molecule has 1 aliphatic heterocycles. The second-order valence-electron chi connectivity index (χ2n) is 5.87. The third-order valence-corrected chi connectivity index (χ3v) is 3.84. The summed E-state index contributed by atoms with van der Waals surface area (Å²) in [6, 6.07) is 2.79. The molecule has 0 saturated carbocycles. The van der Waals surface area contributed by atoms with E-state index in [4.69, 9.17) is 15.6 Å². The van der Waals surface area contributed by atoms with Crippen LogP contribution in [-0.2, 0) is 4.79 Å². The number of likely N-dealkylation sites (N-methyl/N-ethyl adjacent to an activating group) is 1. The number of carbonyl (C=O) groups excluding carboxylic acids is 1. The highest BCUT2D eigenvalue weighted by atomic mass is 19.4. The number of hydrogen-bond donors (Lipinski definition) is 2. The van der Waals surface area contributed by atoms with Gasteiger partial charge in [0.05, 0.1) is 11.6 Å². The van der Waals surface area contributed by atoms with Crippen LogP contribution >= 0.6 is 0 Å². The van der Waals surface area contributed by atoms with E-state index in [2.05, 4.69) is 17.0 Å². The van der Waals surface area contributed by atoms with Gasteiger partial charge in [-0.15, -0.1) is 0 Å². The molecule has 3 rings (SSSR count). The molecule has 0 aliphatic carbocycles. The number of rotatable bonds is 2. The molecule has 0 radical (unpaired) electrons. The van der Waals surface area contributed by atoms with E-state index in [1.165, 1.54) is 6.07 Å². The van der Waals surface area contributed by atoms with Gasteiger partial charge >= 0.3 is 12.1 Å². The van der Waals surface area contributed by atoms with Crippen molar-refractivity contribution in [1.82, 2.24) is 14.7 Å². The zero-order valence-electron chi connectivity index (χ0n) is 13.6. The fraction of sp³-hybridized carbons (Fsp3) is 0.400. The summed E-state index contributed by atoms with van der Waals surface area (Å²) in [5, 5.41) is 12.2. The van der Waals surface area contributed by atoms with E-state index in [1.54, 1.807) is 6.20 Å². The molecule has 1 atom stereocenters. The summed E-state index contributed by atoms with van der Waals surface area (Å²) in [6.07, 6.45) is -2.30. The molecular weight excluding hydrogens is 360 g/mol. The van der Waals surface area contributed by atoms with Gasteiger partial charge in [-0.3, -0.25) is 9.48 Å². The van der Waals surface area contributed by atoms with E-state index in [1.807, 2.05) is 4.68 Å². The number of aromatic nitrogens is 2. The number of benzene rings is 1. The molecule has 142 valence electrons. The Morgan fingerprint density at radius 3 is 2.42 bits per heavy atom. The second-order valence-corrected chi connectivity index (χ2v) is 5.87. The Labute approximate surface area is 145 Å². The minimum atomic E-state index is -5.08. The molecule has 11 heteroatoms. The van der Waals surface area contributed by atoms with Gasteiger partial charge in [-0.05, 0) is 32.1 Å². The largest absolute Gasteiger partial charge is 0.490 e. The molecule has 1 saturated heterocycles.